The van der Waals surface area contributed by atoms with E-state index in [4.69, 9.17) is 4.74 Å². The Labute approximate surface area is 122 Å². The fourth-order valence-corrected chi connectivity index (χ4v) is 3.50. The van der Waals surface area contributed by atoms with Crippen LogP contribution in [-0.2, 0) is 0 Å². The molecule has 2 nitrogen and oxygen atoms in total. The summed E-state index contributed by atoms with van der Waals surface area (Å²) in [6.45, 7) is 0.554. The quantitative estimate of drug-likeness (QED) is 0.883. The SMILES string of the molecule is FC(F)(F)C1CCCCC1NC1CCOc2ccccc21. The van der Waals surface area contributed by atoms with E-state index in [-0.39, 0.29) is 12.5 Å². The monoisotopic (exact) mass is 299 g/mol. The molecule has 1 fully saturated rings. The molecule has 0 amide bonds. The lowest BCUT2D eigenvalue weighted by molar-refractivity contribution is -0.189. The van der Waals surface area contributed by atoms with Gasteiger partial charge in [-0.2, -0.15) is 13.2 Å². The maximum atomic E-state index is 13.2. The van der Waals surface area contributed by atoms with Crippen molar-refractivity contribution in [1.82, 2.24) is 5.32 Å². The van der Waals surface area contributed by atoms with Gasteiger partial charge in [-0.25, -0.2) is 0 Å². The topological polar surface area (TPSA) is 21.3 Å². The average Bonchev–Trinajstić information content (AvgIpc) is 2.47. The molecule has 1 aromatic rings. The minimum Gasteiger partial charge on any atom is -0.493 e. The van der Waals surface area contributed by atoms with Crippen molar-refractivity contribution < 1.29 is 17.9 Å². The van der Waals surface area contributed by atoms with Gasteiger partial charge in [0.1, 0.15) is 5.75 Å². The molecule has 0 aromatic heterocycles. The number of fused-ring (bicyclic) bond motifs is 1. The standard InChI is InChI=1S/C16H20F3NO/c17-16(18,19)12-6-2-3-7-14(12)20-13-9-10-21-15-8-4-1-5-11(13)15/h1,4-5,8,12-14,20H,2-3,6-7,9-10H2. The molecule has 21 heavy (non-hydrogen) atoms. The van der Waals surface area contributed by atoms with Gasteiger partial charge in [0.25, 0.3) is 0 Å². The Morgan fingerprint density at radius 3 is 2.62 bits per heavy atom. The number of nitrogens with one attached hydrogen (secondary N) is 1. The maximum absolute atomic E-state index is 13.2. The Kier molecular flexibility index (Phi) is 4.11. The van der Waals surface area contributed by atoms with Gasteiger partial charge in [-0.15, -0.1) is 0 Å². The van der Waals surface area contributed by atoms with Crippen LogP contribution in [0, 0.1) is 5.92 Å². The first-order chi connectivity index (χ1) is 10.1. The molecule has 0 saturated heterocycles. The highest BCUT2D eigenvalue weighted by Crippen LogP contribution is 2.40. The van der Waals surface area contributed by atoms with E-state index in [1.807, 2.05) is 24.3 Å². The van der Waals surface area contributed by atoms with E-state index in [0.29, 0.717) is 19.4 Å². The van der Waals surface area contributed by atoms with Gasteiger partial charge >= 0.3 is 6.18 Å². The first-order valence-corrected chi connectivity index (χ1v) is 7.60. The van der Waals surface area contributed by atoms with E-state index in [2.05, 4.69) is 5.32 Å². The lowest BCUT2D eigenvalue weighted by Gasteiger charge is -2.37. The number of hydrogen-bond donors (Lipinski definition) is 1. The predicted octanol–water partition coefficient (Wildman–Crippen LogP) is 4.22. The Morgan fingerprint density at radius 1 is 1.05 bits per heavy atom. The second-order valence-corrected chi connectivity index (χ2v) is 5.93. The van der Waals surface area contributed by atoms with Gasteiger partial charge in [-0.05, 0) is 18.9 Å². The van der Waals surface area contributed by atoms with E-state index in [9.17, 15) is 13.2 Å². The van der Waals surface area contributed by atoms with Crippen molar-refractivity contribution in [3.05, 3.63) is 29.8 Å². The molecule has 1 aliphatic heterocycles. The van der Waals surface area contributed by atoms with Crippen LogP contribution in [0.4, 0.5) is 13.2 Å². The zero-order valence-electron chi connectivity index (χ0n) is 11.8. The summed E-state index contributed by atoms with van der Waals surface area (Å²) in [5.41, 5.74) is 0.982. The molecular formula is C16H20F3NO. The summed E-state index contributed by atoms with van der Waals surface area (Å²) in [6.07, 6.45) is -1.00. The summed E-state index contributed by atoms with van der Waals surface area (Å²) in [7, 11) is 0. The third kappa shape index (κ3) is 3.18. The number of benzene rings is 1. The molecule has 0 radical (unpaired) electrons. The van der Waals surface area contributed by atoms with Gasteiger partial charge in [0.2, 0.25) is 0 Å². The van der Waals surface area contributed by atoms with E-state index < -0.39 is 18.1 Å². The van der Waals surface area contributed by atoms with Crippen molar-refractivity contribution in [2.45, 2.75) is 50.4 Å². The van der Waals surface area contributed by atoms with Crippen LogP contribution in [0.25, 0.3) is 0 Å². The molecule has 1 aliphatic carbocycles. The van der Waals surface area contributed by atoms with Crippen LogP contribution in [-0.4, -0.2) is 18.8 Å². The number of alkyl halides is 3. The Hall–Kier alpha value is -1.23. The largest absolute Gasteiger partial charge is 0.493 e. The Balaban J connectivity index is 1.77. The summed E-state index contributed by atoms with van der Waals surface area (Å²) >= 11 is 0. The van der Waals surface area contributed by atoms with Crippen LogP contribution in [0.5, 0.6) is 5.75 Å². The molecule has 5 heteroatoms. The van der Waals surface area contributed by atoms with Crippen molar-refractivity contribution in [2.75, 3.05) is 6.61 Å². The van der Waals surface area contributed by atoms with E-state index in [1.165, 1.54) is 0 Å². The summed E-state index contributed by atoms with van der Waals surface area (Å²) in [6, 6.07) is 7.10. The molecule has 2 aliphatic rings. The van der Waals surface area contributed by atoms with Crippen molar-refractivity contribution in [2.24, 2.45) is 5.92 Å². The van der Waals surface area contributed by atoms with Gasteiger partial charge in [0.15, 0.2) is 0 Å². The summed E-state index contributed by atoms with van der Waals surface area (Å²) in [5.74, 6) is -0.429. The molecule has 0 spiro atoms. The molecule has 0 bridgehead atoms. The first-order valence-electron chi connectivity index (χ1n) is 7.60. The number of hydrogen-bond acceptors (Lipinski definition) is 2. The summed E-state index contributed by atoms with van der Waals surface area (Å²) < 4.78 is 45.1. The number of para-hydroxylation sites is 1. The van der Waals surface area contributed by atoms with Crippen molar-refractivity contribution >= 4 is 0 Å². The van der Waals surface area contributed by atoms with E-state index >= 15 is 0 Å². The lowest BCUT2D eigenvalue weighted by atomic mass is 9.83. The highest BCUT2D eigenvalue weighted by atomic mass is 19.4. The third-order valence-electron chi connectivity index (χ3n) is 4.56. The van der Waals surface area contributed by atoms with Crippen molar-refractivity contribution in [1.29, 1.82) is 0 Å². The molecular weight excluding hydrogens is 279 g/mol. The zero-order chi connectivity index (χ0) is 14.9. The van der Waals surface area contributed by atoms with E-state index in [0.717, 1.165) is 24.2 Å². The average molecular weight is 299 g/mol. The minimum atomic E-state index is -4.11. The second kappa shape index (κ2) is 5.87. The molecule has 3 unspecified atom stereocenters. The lowest BCUT2D eigenvalue weighted by Crippen LogP contribution is -2.47. The fraction of sp³-hybridized carbons (Fsp3) is 0.625. The van der Waals surface area contributed by atoms with Crippen LogP contribution in [0.2, 0.25) is 0 Å². The van der Waals surface area contributed by atoms with Gasteiger partial charge in [0, 0.05) is 24.1 Å². The van der Waals surface area contributed by atoms with Crippen molar-refractivity contribution in [3.63, 3.8) is 0 Å². The molecule has 1 N–H and O–H groups in total. The molecule has 1 aromatic carbocycles. The van der Waals surface area contributed by atoms with Crippen LogP contribution >= 0.6 is 0 Å². The minimum absolute atomic E-state index is 0.0390. The Bertz CT molecular complexity index is 489. The van der Waals surface area contributed by atoms with Crippen LogP contribution < -0.4 is 10.1 Å². The zero-order valence-corrected chi connectivity index (χ0v) is 11.8. The van der Waals surface area contributed by atoms with Crippen LogP contribution in [0.15, 0.2) is 24.3 Å². The molecule has 1 saturated carbocycles. The van der Waals surface area contributed by atoms with Gasteiger partial charge in [-0.3, -0.25) is 0 Å². The highest BCUT2D eigenvalue weighted by Gasteiger charge is 2.46. The molecule has 3 atom stereocenters. The highest BCUT2D eigenvalue weighted by molar-refractivity contribution is 5.37. The summed E-state index contributed by atoms with van der Waals surface area (Å²) in [5, 5.41) is 3.27. The molecule has 116 valence electrons. The number of halogens is 3. The maximum Gasteiger partial charge on any atom is 0.393 e. The van der Waals surface area contributed by atoms with Crippen LogP contribution in [0.1, 0.15) is 43.7 Å². The number of rotatable bonds is 2. The number of ether oxygens (including phenoxy) is 1. The normalized spacial score (nSPS) is 29.6. The fourth-order valence-electron chi connectivity index (χ4n) is 3.50. The Morgan fingerprint density at radius 2 is 1.81 bits per heavy atom. The van der Waals surface area contributed by atoms with Gasteiger partial charge in [-0.1, -0.05) is 31.0 Å². The second-order valence-electron chi connectivity index (χ2n) is 5.93. The molecule has 3 rings (SSSR count). The van der Waals surface area contributed by atoms with Crippen molar-refractivity contribution in [3.8, 4) is 5.75 Å². The first kappa shape index (κ1) is 14.7. The van der Waals surface area contributed by atoms with Gasteiger partial charge in [0.05, 0.1) is 12.5 Å². The molecule has 1 heterocycles. The van der Waals surface area contributed by atoms with Gasteiger partial charge < -0.3 is 10.1 Å². The third-order valence-corrected chi connectivity index (χ3v) is 4.56. The van der Waals surface area contributed by atoms with Crippen LogP contribution in [0.3, 0.4) is 0 Å². The summed E-state index contributed by atoms with van der Waals surface area (Å²) in [4.78, 5) is 0. The predicted molar refractivity (Wildman–Crippen MR) is 74.2 cm³/mol. The smallest absolute Gasteiger partial charge is 0.393 e. The van der Waals surface area contributed by atoms with E-state index in [1.54, 1.807) is 0 Å².